The summed E-state index contributed by atoms with van der Waals surface area (Å²) >= 11 is 1.86. The number of halogens is 3. The van der Waals surface area contributed by atoms with E-state index >= 15 is 0 Å². The first-order valence-electron chi connectivity index (χ1n) is 5.24. The molecule has 0 aliphatic rings. The number of imidazole rings is 1. The molecule has 20 heavy (non-hydrogen) atoms. The zero-order valence-corrected chi connectivity index (χ0v) is 11.1. The van der Waals surface area contributed by atoms with Crippen LogP contribution in [0.3, 0.4) is 0 Å². The molecule has 0 aliphatic carbocycles. The third kappa shape index (κ3) is 1.98. The predicted molar refractivity (Wildman–Crippen MR) is 68.3 cm³/mol. The summed E-state index contributed by atoms with van der Waals surface area (Å²) < 4.78 is 39.9. The molecule has 0 saturated heterocycles. The van der Waals surface area contributed by atoms with Crippen molar-refractivity contribution in [3.05, 3.63) is 34.3 Å². The maximum absolute atomic E-state index is 13.0. The van der Waals surface area contributed by atoms with Crippen molar-refractivity contribution in [1.82, 2.24) is 9.38 Å². The highest BCUT2D eigenvalue weighted by molar-refractivity contribution is 7.19. The quantitative estimate of drug-likeness (QED) is 0.781. The molecule has 9 heteroatoms. The number of carbonyl (C=O) groups is 1. The van der Waals surface area contributed by atoms with Gasteiger partial charge in [0, 0.05) is 6.20 Å². The fourth-order valence-corrected chi connectivity index (χ4v) is 3.44. The lowest BCUT2D eigenvalue weighted by atomic mass is 10.3. The zero-order valence-electron chi connectivity index (χ0n) is 9.51. The van der Waals surface area contributed by atoms with Crippen molar-refractivity contribution >= 4 is 33.6 Å². The summed E-state index contributed by atoms with van der Waals surface area (Å²) in [5, 5.41) is 10.7. The zero-order chi connectivity index (χ0) is 14.5. The highest BCUT2D eigenvalue weighted by Gasteiger charge is 2.40. The Labute approximate surface area is 117 Å². The lowest BCUT2D eigenvalue weighted by Crippen LogP contribution is -2.13. The Morgan fingerprint density at radius 2 is 2.15 bits per heavy atom. The standard InChI is InChI=1S/C11H5F3N2O2S2/c12-11(13,14)8-7(9(17)18)20-10-15-5(4-16(8)10)6-2-1-3-19-6/h1-4H,(H,17,18). The molecular formula is C11H5F3N2O2S2. The summed E-state index contributed by atoms with van der Waals surface area (Å²) in [5.74, 6) is -1.61. The van der Waals surface area contributed by atoms with E-state index in [1.54, 1.807) is 17.5 Å². The summed E-state index contributed by atoms with van der Waals surface area (Å²) in [5.41, 5.74) is -0.797. The minimum absolute atomic E-state index is 0.0122. The number of alkyl halides is 3. The highest BCUT2D eigenvalue weighted by Crippen LogP contribution is 2.38. The van der Waals surface area contributed by atoms with Crippen molar-refractivity contribution in [3.63, 3.8) is 0 Å². The van der Waals surface area contributed by atoms with Crippen LogP contribution in [0.1, 0.15) is 15.4 Å². The van der Waals surface area contributed by atoms with Gasteiger partial charge in [0.25, 0.3) is 0 Å². The van der Waals surface area contributed by atoms with Gasteiger partial charge in [0.2, 0.25) is 0 Å². The van der Waals surface area contributed by atoms with E-state index in [1.165, 1.54) is 17.5 Å². The minimum atomic E-state index is -4.75. The number of carboxylic acids is 1. The summed E-state index contributed by atoms with van der Waals surface area (Å²) in [4.78, 5) is 15.0. The molecule has 0 radical (unpaired) electrons. The van der Waals surface area contributed by atoms with Crippen LogP contribution in [0.25, 0.3) is 15.5 Å². The van der Waals surface area contributed by atoms with Gasteiger partial charge in [-0.15, -0.1) is 11.3 Å². The molecule has 3 heterocycles. The first-order chi connectivity index (χ1) is 9.38. The Kier molecular flexibility index (Phi) is 2.83. The second-order valence-electron chi connectivity index (χ2n) is 3.84. The van der Waals surface area contributed by atoms with Crippen molar-refractivity contribution in [3.8, 4) is 10.6 Å². The number of rotatable bonds is 2. The van der Waals surface area contributed by atoms with Gasteiger partial charge < -0.3 is 5.11 Å². The molecule has 0 unspecified atom stereocenters. The monoisotopic (exact) mass is 318 g/mol. The molecule has 0 bridgehead atoms. The number of thiophene rings is 1. The number of hydrogen-bond donors (Lipinski definition) is 1. The van der Waals surface area contributed by atoms with Crippen LogP contribution < -0.4 is 0 Å². The SMILES string of the molecule is O=C(O)c1sc2nc(-c3cccs3)cn2c1C(F)(F)F. The summed E-state index contributed by atoms with van der Waals surface area (Å²) in [6, 6.07) is 3.50. The molecule has 0 fully saturated rings. The third-order valence-corrected chi connectivity index (χ3v) is 4.49. The van der Waals surface area contributed by atoms with E-state index in [1.807, 2.05) is 0 Å². The lowest BCUT2D eigenvalue weighted by Gasteiger charge is -2.05. The topological polar surface area (TPSA) is 54.6 Å². The largest absolute Gasteiger partial charge is 0.477 e. The molecule has 0 saturated carbocycles. The highest BCUT2D eigenvalue weighted by atomic mass is 32.1. The van der Waals surface area contributed by atoms with Gasteiger partial charge in [-0.05, 0) is 11.4 Å². The van der Waals surface area contributed by atoms with Gasteiger partial charge in [0.1, 0.15) is 10.6 Å². The summed E-state index contributed by atoms with van der Waals surface area (Å²) in [6.07, 6.45) is -3.54. The second kappa shape index (κ2) is 4.32. The number of aromatic nitrogens is 2. The molecule has 0 aliphatic heterocycles. The molecule has 0 spiro atoms. The maximum Gasteiger partial charge on any atom is 0.433 e. The van der Waals surface area contributed by atoms with Crippen LogP contribution in [-0.2, 0) is 6.18 Å². The number of fused-ring (bicyclic) bond motifs is 1. The Morgan fingerprint density at radius 3 is 2.70 bits per heavy atom. The smallest absolute Gasteiger partial charge is 0.433 e. The summed E-state index contributed by atoms with van der Waals surface area (Å²) in [6.45, 7) is 0. The Balaban J connectivity index is 2.26. The van der Waals surface area contributed by atoms with Crippen molar-refractivity contribution in [2.24, 2.45) is 0 Å². The molecule has 3 rings (SSSR count). The normalized spacial score (nSPS) is 12.2. The number of thiazole rings is 1. The molecule has 3 aromatic rings. The molecule has 3 aromatic heterocycles. The van der Waals surface area contributed by atoms with Crippen molar-refractivity contribution in [2.45, 2.75) is 6.18 Å². The van der Waals surface area contributed by atoms with Gasteiger partial charge in [-0.25, -0.2) is 9.78 Å². The lowest BCUT2D eigenvalue weighted by molar-refractivity contribution is -0.142. The van der Waals surface area contributed by atoms with Gasteiger partial charge in [-0.3, -0.25) is 4.40 Å². The van der Waals surface area contributed by atoms with E-state index in [-0.39, 0.29) is 4.96 Å². The summed E-state index contributed by atoms with van der Waals surface area (Å²) in [7, 11) is 0. The maximum atomic E-state index is 13.0. The van der Waals surface area contributed by atoms with E-state index in [4.69, 9.17) is 5.11 Å². The third-order valence-electron chi connectivity index (χ3n) is 2.56. The van der Waals surface area contributed by atoms with E-state index in [9.17, 15) is 18.0 Å². The fraction of sp³-hybridized carbons (Fsp3) is 0.0909. The van der Waals surface area contributed by atoms with Crippen LogP contribution >= 0.6 is 22.7 Å². The first kappa shape index (κ1) is 13.1. The molecule has 104 valence electrons. The van der Waals surface area contributed by atoms with Gasteiger partial charge in [0.15, 0.2) is 10.7 Å². The molecule has 0 aromatic carbocycles. The average molecular weight is 318 g/mol. The van der Waals surface area contributed by atoms with Crippen LogP contribution in [0.2, 0.25) is 0 Å². The fourth-order valence-electron chi connectivity index (χ4n) is 1.80. The number of hydrogen-bond acceptors (Lipinski definition) is 4. The van der Waals surface area contributed by atoms with Gasteiger partial charge in [-0.2, -0.15) is 13.2 Å². The van der Waals surface area contributed by atoms with E-state index in [0.29, 0.717) is 17.0 Å². The van der Waals surface area contributed by atoms with Crippen LogP contribution in [0.15, 0.2) is 23.7 Å². The van der Waals surface area contributed by atoms with Gasteiger partial charge in [-0.1, -0.05) is 17.4 Å². The number of aromatic carboxylic acids is 1. The average Bonchev–Trinajstić information content (AvgIpc) is 3.01. The molecule has 0 amide bonds. The van der Waals surface area contributed by atoms with Gasteiger partial charge in [0.05, 0.1) is 4.88 Å². The Hall–Kier alpha value is -1.87. The van der Waals surface area contributed by atoms with Crippen molar-refractivity contribution in [2.75, 3.05) is 0 Å². The molecule has 4 nitrogen and oxygen atoms in total. The molecule has 0 atom stereocenters. The van der Waals surface area contributed by atoms with E-state index in [2.05, 4.69) is 4.98 Å². The van der Waals surface area contributed by atoms with Crippen molar-refractivity contribution < 1.29 is 23.1 Å². The minimum Gasteiger partial charge on any atom is -0.477 e. The predicted octanol–water partition coefficient (Wildman–Crippen LogP) is 3.84. The van der Waals surface area contributed by atoms with Crippen LogP contribution in [0.5, 0.6) is 0 Å². The van der Waals surface area contributed by atoms with Crippen LogP contribution in [0.4, 0.5) is 13.2 Å². The Bertz CT molecular complexity index is 787. The van der Waals surface area contributed by atoms with Gasteiger partial charge >= 0.3 is 12.1 Å². The van der Waals surface area contributed by atoms with E-state index < -0.39 is 22.7 Å². The molecular weight excluding hydrogens is 313 g/mol. The second-order valence-corrected chi connectivity index (χ2v) is 5.76. The number of nitrogens with zero attached hydrogens (tertiary/aromatic N) is 2. The van der Waals surface area contributed by atoms with Crippen LogP contribution in [0, 0.1) is 0 Å². The van der Waals surface area contributed by atoms with E-state index in [0.717, 1.165) is 9.28 Å². The Morgan fingerprint density at radius 1 is 1.40 bits per heavy atom. The number of carboxylic acid groups (broad SMARTS) is 1. The van der Waals surface area contributed by atoms with Crippen LogP contribution in [-0.4, -0.2) is 20.5 Å². The molecule has 1 N–H and O–H groups in total. The first-order valence-corrected chi connectivity index (χ1v) is 6.94. The van der Waals surface area contributed by atoms with Crippen molar-refractivity contribution in [1.29, 1.82) is 0 Å².